The monoisotopic (exact) mass is 298 g/mol. The number of furan rings is 1. The van der Waals surface area contributed by atoms with Crippen LogP contribution < -0.4 is 5.73 Å². The van der Waals surface area contributed by atoms with Gasteiger partial charge in [-0.2, -0.15) is 0 Å². The van der Waals surface area contributed by atoms with Gasteiger partial charge in [0.1, 0.15) is 0 Å². The summed E-state index contributed by atoms with van der Waals surface area (Å²) >= 11 is 6.49. The summed E-state index contributed by atoms with van der Waals surface area (Å²) in [5, 5.41) is 19.1. The third-order valence-corrected chi connectivity index (χ3v) is 4.02. The van der Waals surface area contributed by atoms with Gasteiger partial charge in [0.25, 0.3) is 0 Å². The number of hydrogen-bond acceptors (Lipinski definition) is 5. The molecule has 1 aliphatic rings. The zero-order valence-electron chi connectivity index (χ0n) is 11.1. The molecule has 5 nitrogen and oxygen atoms in total. The Labute approximate surface area is 122 Å². The van der Waals surface area contributed by atoms with E-state index in [1.54, 1.807) is 18.6 Å². The van der Waals surface area contributed by atoms with Crippen molar-refractivity contribution in [1.82, 2.24) is 4.90 Å². The van der Waals surface area contributed by atoms with Crippen molar-refractivity contribution in [3.8, 4) is 0 Å². The molecule has 1 atom stereocenters. The molecule has 0 spiro atoms. The molecule has 0 aliphatic heterocycles. The lowest BCUT2D eigenvalue weighted by Gasteiger charge is -2.44. The van der Waals surface area contributed by atoms with Crippen LogP contribution in [0.4, 0.5) is 0 Å². The van der Waals surface area contributed by atoms with Crippen molar-refractivity contribution < 1.29 is 14.6 Å². The van der Waals surface area contributed by atoms with E-state index in [-0.39, 0.29) is 13.2 Å². The Kier molecular flexibility index (Phi) is 4.88. The number of hydrogen-bond donors (Lipinski definition) is 3. The van der Waals surface area contributed by atoms with Gasteiger partial charge in [0.15, 0.2) is 0 Å². The predicted molar refractivity (Wildman–Crippen MR) is 77.0 cm³/mol. The average molecular weight is 299 g/mol. The normalized spacial score (nSPS) is 22.8. The summed E-state index contributed by atoms with van der Waals surface area (Å²) in [4.78, 5) is 1.94. The zero-order chi connectivity index (χ0) is 14.6. The van der Waals surface area contributed by atoms with Gasteiger partial charge in [0.2, 0.25) is 0 Å². The Bertz CT molecular complexity index is 493. The van der Waals surface area contributed by atoms with Crippen molar-refractivity contribution in [3.63, 3.8) is 0 Å². The minimum absolute atomic E-state index is 0.0248. The summed E-state index contributed by atoms with van der Waals surface area (Å²) in [7, 11) is 0. The second kappa shape index (κ2) is 6.45. The third kappa shape index (κ3) is 2.62. The van der Waals surface area contributed by atoms with E-state index in [0.29, 0.717) is 30.2 Å². The molecule has 2 rings (SSSR count). The summed E-state index contributed by atoms with van der Waals surface area (Å²) < 4.78 is 5.18. The lowest BCUT2D eigenvalue weighted by atomic mass is 9.82. The maximum Gasteiger partial charge on any atom is 0.0957 e. The van der Waals surface area contributed by atoms with Gasteiger partial charge in [-0.15, -0.1) is 0 Å². The topological polar surface area (TPSA) is 82.9 Å². The lowest BCUT2D eigenvalue weighted by Crippen LogP contribution is -2.49. The van der Waals surface area contributed by atoms with Gasteiger partial charge >= 0.3 is 0 Å². The van der Waals surface area contributed by atoms with Crippen LogP contribution in [0.5, 0.6) is 0 Å². The number of aliphatic hydroxyl groups is 2. The Balaban J connectivity index is 2.47. The fourth-order valence-electron chi connectivity index (χ4n) is 2.64. The summed E-state index contributed by atoms with van der Waals surface area (Å²) in [6, 6.07) is 1.84. The highest BCUT2D eigenvalue weighted by Gasteiger charge is 2.42. The SMILES string of the molecule is NC1=CCC(c2ccoc2)(N(CCO)CCO)C(Cl)=C1. The molecule has 20 heavy (non-hydrogen) atoms. The van der Waals surface area contributed by atoms with E-state index in [1.807, 2.05) is 17.0 Å². The highest BCUT2D eigenvalue weighted by atomic mass is 35.5. The van der Waals surface area contributed by atoms with Crippen molar-refractivity contribution in [1.29, 1.82) is 0 Å². The first-order valence-corrected chi connectivity index (χ1v) is 6.85. The molecule has 110 valence electrons. The second-order valence-corrected chi connectivity index (χ2v) is 5.11. The quantitative estimate of drug-likeness (QED) is 0.733. The van der Waals surface area contributed by atoms with Crippen LogP contribution in [0.2, 0.25) is 0 Å². The first-order valence-electron chi connectivity index (χ1n) is 6.48. The number of rotatable bonds is 6. The van der Waals surface area contributed by atoms with Crippen molar-refractivity contribution >= 4 is 11.6 Å². The average Bonchev–Trinajstić information content (AvgIpc) is 2.94. The van der Waals surface area contributed by atoms with Crippen molar-refractivity contribution in [2.75, 3.05) is 26.3 Å². The Morgan fingerprint density at radius 3 is 2.55 bits per heavy atom. The van der Waals surface area contributed by atoms with E-state index in [4.69, 9.17) is 21.8 Å². The highest BCUT2D eigenvalue weighted by molar-refractivity contribution is 6.31. The number of halogens is 1. The Hall–Kier alpha value is -1.27. The van der Waals surface area contributed by atoms with Gasteiger partial charge in [-0.25, -0.2) is 0 Å². The van der Waals surface area contributed by atoms with Gasteiger partial charge in [0, 0.05) is 29.4 Å². The molecular formula is C14H19ClN2O3. The Morgan fingerprint density at radius 2 is 2.05 bits per heavy atom. The number of allylic oxidation sites excluding steroid dienone is 1. The molecule has 0 bridgehead atoms. The van der Waals surface area contributed by atoms with E-state index >= 15 is 0 Å². The minimum Gasteiger partial charge on any atom is -0.472 e. The standard InChI is InChI=1S/C14H19ClN2O3/c15-13-9-12(16)1-3-14(13,11-2-8-20-10-11)17(4-6-18)5-7-19/h1-2,8-10,18-19H,3-7,16H2. The van der Waals surface area contributed by atoms with Crippen molar-refractivity contribution in [3.05, 3.63) is 47.0 Å². The van der Waals surface area contributed by atoms with Crippen LogP contribution in [-0.2, 0) is 5.54 Å². The molecule has 0 radical (unpaired) electrons. The first kappa shape index (κ1) is 15.1. The molecule has 1 heterocycles. The Morgan fingerprint density at radius 1 is 1.35 bits per heavy atom. The van der Waals surface area contributed by atoms with E-state index < -0.39 is 5.54 Å². The molecule has 0 saturated carbocycles. The first-order chi connectivity index (χ1) is 9.65. The minimum atomic E-state index is -0.650. The van der Waals surface area contributed by atoms with Crippen LogP contribution in [0, 0.1) is 0 Å². The van der Waals surface area contributed by atoms with Crippen LogP contribution in [0.15, 0.2) is 45.9 Å². The van der Waals surface area contributed by atoms with Gasteiger partial charge in [-0.05, 0) is 18.6 Å². The third-order valence-electron chi connectivity index (χ3n) is 3.60. The predicted octanol–water partition coefficient (Wildman–Crippen LogP) is 1.13. The summed E-state index contributed by atoms with van der Waals surface area (Å²) in [5.41, 5.74) is 6.65. The number of nitrogens with zero attached hydrogens (tertiary/aromatic N) is 1. The fourth-order valence-corrected chi connectivity index (χ4v) is 3.07. The summed E-state index contributed by atoms with van der Waals surface area (Å²) in [5.74, 6) is 0. The van der Waals surface area contributed by atoms with E-state index in [9.17, 15) is 10.2 Å². The van der Waals surface area contributed by atoms with Gasteiger partial charge in [-0.1, -0.05) is 17.7 Å². The van der Waals surface area contributed by atoms with Gasteiger partial charge < -0.3 is 20.4 Å². The molecule has 0 amide bonds. The zero-order valence-corrected chi connectivity index (χ0v) is 11.9. The van der Waals surface area contributed by atoms with Crippen LogP contribution in [-0.4, -0.2) is 41.4 Å². The number of aliphatic hydroxyl groups excluding tert-OH is 2. The summed E-state index contributed by atoms with van der Waals surface area (Å²) in [6.07, 6.45) is 7.38. The number of nitrogens with two attached hydrogens (primary N) is 1. The molecule has 0 saturated heterocycles. The maximum absolute atomic E-state index is 9.29. The molecule has 0 fully saturated rings. The smallest absolute Gasteiger partial charge is 0.0957 e. The highest BCUT2D eigenvalue weighted by Crippen LogP contribution is 2.44. The van der Waals surface area contributed by atoms with E-state index in [1.165, 1.54) is 0 Å². The lowest BCUT2D eigenvalue weighted by molar-refractivity contribution is 0.0753. The molecule has 0 aromatic carbocycles. The second-order valence-electron chi connectivity index (χ2n) is 4.71. The fraction of sp³-hybridized carbons (Fsp3) is 0.429. The van der Waals surface area contributed by atoms with Crippen LogP contribution in [0.1, 0.15) is 12.0 Å². The van der Waals surface area contributed by atoms with Gasteiger partial charge in [0.05, 0.1) is 31.3 Å². The van der Waals surface area contributed by atoms with Crippen molar-refractivity contribution in [2.24, 2.45) is 5.73 Å². The van der Waals surface area contributed by atoms with Gasteiger partial charge in [-0.3, -0.25) is 4.90 Å². The molecule has 4 N–H and O–H groups in total. The van der Waals surface area contributed by atoms with E-state index in [0.717, 1.165) is 5.56 Å². The van der Waals surface area contributed by atoms with Crippen LogP contribution in [0.25, 0.3) is 0 Å². The molecule has 1 aliphatic carbocycles. The van der Waals surface area contributed by atoms with E-state index in [2.05, 4.69) is 0 Å². The van der Waals surface area contributed by atoms with Crippen LogP contribution in [0.3, 0.4) is 0 Å². The molecule has 1 aromatic rings. The molecule has 6 heteroatoms. The van der Waals surface area contributed by atoms with Crippen LogP contribution >= 0.6 is 11.6 Å². The molecular weight excluding hydrogens is 280 g/mol. The summed E-state index contributed by atoms with van der Waals surface area (Å²) in [6.45, 7) is 0.735. The van der Waals surface area contributed by atoms with Crippen molar-refractivity contribution in [2.45, 2.75) is 12.0 Å². The maximum atomic E-state index is 9.29. The molecule has 1 aromatic heterocycles. The largest absolute Gasteiger partial charge is 0.472 e. The molecule has 1 unspecified atom stereocenters.